The van der Waals surface area contributed by atoms with E-state index in [1.54, 1.807) is 42.5 Å². The Kier molecular flexibility index (Phi) is 5.64. The van der Waals surface area contributed by atoms with E-state index in [1.165, 1.54) is 22.8 Å². The van der Waals surface area contributed by atoms with Crippen molar-refractivity contribution in [1.82, 2.24) is 4.31 Å². The van der Waals surface area contributed by atoms with Crippen molar-refractivity contribution in [3.05, 3.63) is 75.1 Å². The van der Waals surface area contributed by atoms with Crippen LogP contribution in [0.4, 0.5) is 0 Å². The van der Waals surface area contributed by atoms with Gasteiger partial charge in [-0.15, -0.1) is 0 Å². The molecule has 0 spiro atoms. The van der Waals surface area contributed by atoms with Crippen LogP contribution in [0.5, 0.6) is 0 Å². The number of rotatable bonds is 5. The first kappa shape index (κ1) is 17.0. The summed E-state index contributed by atoms with van der Waals surface area (Å²) in [5.41, 5.74) is 1.52. The molecule has 3 nitrogen and oxygen atoms in total. The molecule has 22 heavy (non-hydrogen) atoms. The van der Waals surface area contributed by atoms with Gasteiger partial charge in [0.15, 0.2) is 0 Å². The summed E-state index contributed by atoms with van der Waals surface area (Å²) in [7, 11) is -2.00. The van der Waals surface area contributed by atoms with Crippen LogP contribution in [0.2, 0.25) is 10.0 Å². The average molecular weight is 356 g/mol. The van der Waals surface area contributed by atoms with Crippen molar-refractivity contribution < 1.29 is 8.42 Å². The van der Waals surface area contributed by atoms with Gasteiger partial charge >= 0.3 is 0 Å². The number of benzene rings is 2. The molecule has 0 unspecified atom stereocenters. The third-order valence-corrected chi connectivity index (χ3v) is 5.19. The van der Waals surface area contributed by atoms with Crippen LogP contribution in [0.1, 0.15) is 11.1 Å². The number of hydrogen-bond donors (Lipinski definition) is 0. The molecule has 0 bridgehead atoms. The normalized spacial score (nSPS) is 12.2. The molecule has 0 amide bonds. The first-order chi connectivity index (χ1) is 10.4. The molecular formula is C16H15Cl2NO2S. The molecular weight excluding hydrogens is 341 g/mol. The third-order valence-electron chi connectivity index (χ3n) is 3.09. The van der Waals surface area contributed by atoms with Gasteiger partial charge in [0.25, 0.3) is 0 Å². The fourth-order valence-corrected chi connectivity index (χ4v) is 2.98. The van der Waals surface area contributed by atoms with Crippen molar-refractivity contribution in [2.45, 2.75) is 6.54 Å². The Morgan fingerprint density at radius 3 is 2.32 bits per heavy atom. The van der Waals surface area contributed by atoms with Gasteiger partial charge in [-0.05, 0) is 35.4 Å². The Balaban J connectivity index is 2.12. The summed E-state index contributed by atoms with van der Waals surface area (Å²) in [6.07, 6.45) is 1.54. The number of hydrogen-bond acceptors (Lipinski definition) is 2. The maximum Gasteiger partial charge on any atom is 0.236 e. The molecule has 0 heterocycles. The smallest absolute Gasteiger partial charge is 0.208 e. The monoisotopic (exact) mass is 355 g/mol. The lowest BCUT2D eigenvalue weighted by Gasteiger charge is -2.15. The summed E-state index contributed by atoms with van der Waals surface area (Å²) in [6.45, 7) is 0.215. The van der Waals surface area contributed by atoms with Crippen LogP contribution in [0.25, 0.3) is 6.08 Å². The highest BCUT2D eigenvalue weighted by Gasteiger charge is 2.15. The number of halogens is 2. The van der Waals surface area contributed by atoms with Crippen LogP contribution >= 0.6 is 23.2 Å². The zero-order valence-corrected chi connectivity index (χ0v) is 14.2. The van der Waals surface area contributed by atoms with E-state index in [2.05, 4.69) is 0 Å². The third kappa shape index (κ3) is 4.58. The van der Waals surface area contributed by atoms with E-state index in [0.717, 1.165) is 11.1 Å². The quantitative estimate of drug-likeness (QED) is 0.795. The molecule has 2 aromatic carbocycles. The van der Waals surface area contributed by atoms with Crippen LogP contribution in [0.3, 0.4) is 0 Å². The maximum atomic E-state index is 12.3. The van der Waals surface area contributed by atoms with E-state index in [-0.39, 0.29) is 6.54 Å². The lowest BCUT2D eigenvalue weighted by atomic mass is 10.2. The molecule has 2 rings (SSSR count). The molecule has 0 saturated carbocycles. The fourth-order valence-electron chi connectivity index (χ4n) is 1.80. The summed E-state index contributed by atoms with van der Waals surface area (Å²) in [5.74, 6) is 0. The van der Waals surface area contributed by atoms with Gasteiger partial charge < -0.3 is 0 Å². The van der Waals surface area contributed by atoms with Gasteiger partial charge in [-0.2, -0.15) is 4.31 Å². The molecule has 0 aliphatic heterocycles. The SMILES string of the molecule is CN(Cc1ccccc1Cl)S(=O)(=O)/C=C/c1ccc(Cl)cc1. The number of nitrogens with zero attached hydrogens (tertiary/aromatic N) is 1. The largest absolute Gasteiger partial charge is 0.236 e. The second kappa shape index (κ2) is 7.29. The summed E-state index contributed by atoms with van der Waals surface area (Å²) in [4.78, 5) is 0. The van der Waals surface area contributed by atoms with Crippen molar-refractivity contribution in [1.29, 1.82) is 0 Å². The van der Waals surface area contributed by atoms with Gasteiger partial charge in [0.1, 0.15) is 0 Å². The molecule has 0 aromatic heterocycles. The summed E-state index contributed by atoms with van der Waals surface area (Å²) >= 11 is 11.8. The second-order valence-electron chi connectivity index (χ2n) is 4.75. The molecule has 0 N–H and O–H groups in total. The molecule has 0 atom stereocenters. The van der Waals surface area contributed by atoms with Crippen LogP contribution in [-0.2, 0) is 16.6 Å². The Bertz CT molecular complexity index is 771. The lowest BCUT2D eigenvalue weighted by Crippen LogP contribution is -2.24. The van der Waals surface area contributed by atoms with Crippen molar-refractivity contribution in [3.8, 4) is 0 Å². The van der Waals surface area contributed by atoms with E-state index in [0.29, 0.717) is 10.0 Å². The first-order valence-electron chi connectivity index (χ1n) is 6.52. The van der Waals surface area contributed by atoms with Crippen LogP contribution < -0.4 is 0 Å². The Hall–Kier alpha value is -1.33. The molecule has 0 aliphatic rings. The maximum absolute atomic E-state index is 12.3. The van der Waals surface area contributed by atoms with E-state index in [4.69, 9.17) is 23.2 Å². The molecule has 6 heteroatoms. The Morgan fingerprint density at radius 1 is 1.05 bits per heavy atom. The van der Waals surface area contributed by atoms with Crippen molar-refractivity contribution in [2.24, 2.45) is 0 Å². The highest BCUT2D eigenvalue weighted by atomic mass is 35.5. The van der Waals surface area contributed by atoms with E-state index in [1.807, 2.05) is 6.07 Å². The predicted molar refractivity (Wildman–Crippen MR) is 92.3 cm³/mol. The molecule has 0 aliphatic carbocycles. The standard InChI is InChI=1S/C16H15Cl2NO2S/c1-19(12-14-4-2-3-5-16(14)18)22(20,21)11-10-13-6-8-15(17)9-7-13/h2-11H,12H2,1H3/b11-10+. The highest BCUT2D eigenvalue weighted by Crippen LogP contribution is 2.18. The van der Waals surface area contributed by atoms with Gasteiger partial charge in [0.05, 0.1) is 0 Å². The predicted octanol–water partition coefficient (Wildman–Crippen LogP) is 4.43. The van der Waals surface area contributed by atoms with E-state index >= 15 is 0 Å². The van der Waals surface area contributed by atoms with Crippen LogP contribution in [0, 0.1) is 0 Å². The molecule has 2 aromatic rings. The average Bonchev–Trinajstić information content (AvgIpc) is 2.49. The van der Waals surface area contributed by atoms with Crippen LogP contribution in [0.15, 0.2) is 53.9 Å². The van der Waals surface area contributed by atoms with Crippen molar-refractivity contribution in [2.75, 3.05) is 7.05 Å². The van der Waals surface area contributed by atoms with E-state index < -0.39 is 10.0 Å². The van der Waals surface area contributed by atoms with E-state index in [9.17, 15) is 8.42 Å². The first-order valence-corrected chi connectivity index (χ1v) is 8.78. The topological polar surface area (TPSA) is 37.4 Å². The number of sulfonamides is 1. The van der Waals surface area contributed by atoms with Gasteiger partial charge in [-0.25, -0.2) is 8.42 Å². The minimum Gasteiger partial charge on any atom is -0.208 e. The minimum absolute atomic E-state index is 0.215. The minimum atomic E-state index is -3.52. The second-order valence-corrected chi connectivity index (χ2v) is 7.52. The molecule has 0 radical (unpaired) electrons. The van der Waals surface area contributed by atoms with Gasteiger partial charge in [0, 0.05) is 29.0 Å². The summed E-state index contributed by atoms with van der Waals surface area (Å²) in [6, 6.07) is 14.1. The van der Waals surface area contributed by atoms with Gasteiger partial charge in [-0.1, -0.05) is 53.5 Å². The highest BCUT2D eigenvalue weighted by molar-refractivity contribution is 7.92. The molecule has 0 saturated heterocycles. The summed E-state index contributed by atoms with van der Waals surface area (Å²) < 4.78 is 25.8. The van der Waals surface area contributed by atoms with Gasteiger partial charge in [-0.3, -0.25) is 0 Å². The summed E-state index contributed by atoms with van der Waals surface area (Å²) in [5, 5.41) is 2.33. The van der Waals surface area contributed by atoms with Crippen molar-refractivity contribution in [3.63, 3.8) is 0 Å². The fraction of sp³-hybridized carbons (Fsp3) is 0.125. The Morgan fingerprint density at radius 2 is 1.68 bits per heavy atom. The van der Waals surface area contributed by atoms with Crippen LogP contribution in [-0.4, -0.2) is 19.8 Å². The molecule has 0 fully saturated rings. The zero-order chi connectivity index (χ0) is 16.2. The molecule has 116 valence electrons. The zero-order valence-electron chi connectivity index (χ0n) is 11.9. The lowest BCUT2D eigenvalue weighted by molar-refractivity contribution is 0.475. The van der Waals surface area contributed by atoms with Crippen molar-refractivity contribution >= 4 is 39.3 Å². The van der Waals surface area contributed by atoms with Gasteiger partial charge in [0.2, 0.25) is 10.0 Å². The Labute approximate surface area is 140 Å².